The van der Waals surface area contributed by atoms with Crippen molar-refractivity contribution in [2.24, 2.45) is 17.8 Å². The molecule has 2 unspecified atom stereocenters. The highest BCUT2D eigenvalue weighted by Gasteiger charge is 2.37. The van der Waals surface area contributed by atoms with Gasteiger partial charge in [-0.15, -0.1) is 0 Å². The molecule has 1 aliphatic carbocycles. The summed E-state index contributed by atoms with van der Waals surface area (Å²) in [6.45, 7) is 9.15. The van der Waals surface area contributed by atoms with Gasteiger partial charge in [0.2, 0.25) is 5.91 Å². The zero-order chi connectivity index (χ0) is 27.0. The van der Waals surface area contributed by atoms with Crippen molar-refractivity contribution >= 4 is 11.9 Å². The number of benzene rings is 1. The van der Waals surface area contributed by atoms with Crippen LogP contribution >= 0.6 is 0 Å². The van der Waals surface area contributed by atoms with E-state index in [4.69, 9.17) is 4.74 Å². The Morgan fingerprint density at radius 2 is 1.72 bits per heavy atom. The standard InChI is InChI=1S/C30H46FN5O3/c31-27-8-6-23(7-9-27)19-24-3-2-12-35(20-24)21-26-10-13-36(29(37)25-4-1-5-25)22-28(26)33-30(38)32-11-14-34-15-17-39-18-16-34/h6-9,24-26,28H,1-5,10-22H2,(H2,32,33,38)/t24-,26?,28?/m0/s1. The fraction of sp³-hybridized carbons (Fsp3) is 0.733. The second kappa shape index (κ2) is 13.9. The van der Waals surface area contributed by atoms with E-state index in [1.165, 1.54) is 12.0 Å². The Hall–Kier alpha value is -2.23. The fourth-order valence-electron chi connectivity index (χ4n) is 6.64. The summed E-state index contributed by atoms with van der Waals surface area (Å²) in [4.78, 5) is 32.8. The number of hydrogen-bond acceptors (Lipinski definition) is 5. The van der Waals surface area contributed by atoms with Gasteiger partial charge in [0, 0.05) is 58.3 Å². The van der Waals surface area contributed by atoms with E-state index in [9.17, 15) is 14.0 Å². The number of morpholine rings is 1. The van der Waals surface area contributed by atoms with Crippen LogP contribution in [0.2, 0.25) is 0 Å². The van der Waals surface area contributed by atoms with Crippen LogP contribution in [0.25, 0.3) is 0 Å². The van der Waals surface area contributed by atoms with E-state index in [0.717, 1.165) is 97.6 Å². The van der Waals surface area contributed by atoms with Gasteiger partial charge in [0.1, 0.15) is 5.82 Å². The third-order valence-corrected chi connectivity index (χ3v) is 9.19. The Bertz CT molecular complexity index is 937. The molecule has 39 heavy (non-hydrogen) atoms. The molecule has 4 fully saturated rings. The van der Waals surface area contributed by atoms with Gasteiger partial charge >= 0.3 is 6.03 Å². The summed E-state index contributed by atoms with van der Waals surface area (Å²) in [6.07, 6.45) is 7.38. The first-order valence-electron chi connectivity index (χ1n) is 15.1. The number of ether oxygens (including phenoxy) is 1. The fourth-order valence-corrected chi connectivity index (χ4v) is 6.64. The maximum Gasteiger partial charge on any atom is 0.315 e. The first-order valence-corrected chi connectivity index (χ1v) is 15.1. The lowest BCUT2D eigenvalue weighted by Gasteiger charge is -2.44. The summed E-state index contributed by atoms with van der Waals surface area (Å²) >= 11 is 0. The quantitative estimate of drug-likeness (QED) is 0.501. The largest absolute Gasteiger partial charge is 0.379 e. The molecule has 1 aromatic carbocycles. The van der Waals surface area contributed by atoms with E-state index in [0.29, 0.717) is 24.9 Å². The number of hydrogen-bond donors (Lipinski definition) is 2. The van der Waals surface area contributed by atoms with Crippen molar-refractivity contribution in [3.05, 3.63) is 35.6 Å². The number of urea groups is 1. The van der Waals surface area contributed by atoms with Crippen molar-refractivity contribution in [3.8, 4) is 0 Å². The van der Waals surface area contributed by atoms with Crippen LogP contribution in [0.15, 0.2) is 24.3 Å². The molecule has 0 aromatic heterocycles. The maximum absolute atomic E-state index is 13.3. The maximum atomic E-state index is 13.3. The average Bonchev–Trinajstić information content (AvgIpc) is 2.91. The van der Waals surface area contributed by atoms with Gasteiger partial charge in [-0.3, -0.25) is 9.69 Å². The number of likely N-dealkylation sites (tertiary alicyclic amines) is 2. The molecule has 8 nitrogen and oxygen atoms in total. The lowest BCUT2D eigenvalue weighted by atomic mass is 9.82. The van der Waals surface area contributed by atoms with E-state index in [2.05, 4.69) is 20.4 Å². The Labute approximate surface area is 232 Å². The first kappa shape index (κ1) is 28.3. The summed E-state index contributed by atoms with van der Waals surface area (Å²) in [5.74, 6) is 1.13. The molecule has 9 heteroatoms. The van der Waals surface area contributed by atoms with Crippen molar-refractivity contribution in [2.75, 3.05) is 72.1 Å². The number of carbonyl (C=O) groups excluding carboxylic acids is 2. The number of rotatable bonds is 9. The van der Waals surface area contributed by atoms with Gasteiger partial charge in [0.25, 0.3) is 0 Å². The molecular weight excluding hydrogens is 497 g/mol. The SMILES string of the molecule is O=C(NCCN1CCOCC1)NC1CN(C(=O)C2CCC2)CCC1CN1CCC[C@@H](Cc2ccc(F)cc2)C1. The highest BCUT2D eigenvalue weighted by molar-refractivity contribution is 5.80. The van der Waals surface area contributed by atoms with Crippen LogP contribution in [0, 0.1) is 23.6 Å². The van der Waals surface area contributed by atoms with Gasteiger partial charge in [-0.2, -0.15) is 0 Å². The molecule has 216 valence electrons. The third kappa shape index (κ3) is 8.14. The van der Waals surface area contributed by atoms with Crippen LogP contribution in [0.1, 0.15) is 44.1 Å². The highest BCUT2D eigenvalue weighted by Crippen LogP contribution is 2.31. The van der Waals surface area contributed by atoms with Gasteiger partial charge in [0.15, 0.2) is 0 Å². The van der Waals surface area contributed by atoms with E-state index in [1.807, 2.05) is 17.0 Å². The topological polar surface area (TPSA) is 77.2 Å². The van der Waals surface area contributed by atoms with Gasteiger partial charge in [0.05, 0.1) is 19.3 Å². The Kier molecular flexibility index (Phi) is 10.1. The summed E-state index contributed by atoms with van der Waals surface area (Å²) < 4.78 is 18.7. The van der Waals surface area contributed by atoms with Gasteiger partial charge < -0.3 is 25.2 Å². The van der Waals surface area contributed by atoms with Crippen LogP contribution in [0.5, 0.6) is 0 Å². The Morgan fingerprint density at radius 3 is 2.46 bits per heavy atom. The predicted molar refractivity (Wildman–Crippen MR) is 149 cm³/mol. The van der Waals surface area contributed by atoms with Crippen LogP contribution in [0.4, 0.5) is 9.18 Å². The molecule has 3 atom stereocenters. The Morgan fingerprint density at radius 1 is 0.923 bits per heavy atom. The van der Waals surface area contributed by atoms with Crippen LogP contribution < -0.4 is 10.6 Å². The molecule has 0 radical (unpaired) electrons. The van der Waals surface area contributed by atoms with E-state index >= 15 is 0 Å². The summed E-state index contributed by atoms with van der Waals surface area (Å²) in [5, 5.41) is 6.32. The molecule has 2 N–H and O–H groups in total. The monoisotopic (exact) mass is 543 g/mol. The Balaban J connectivity index is 1.15. The van der Waals surface area contributed by atoms with Crippen molar-refractivity contribution in [1.82, 2.24) is 25.3 Å². The molecular formula is C30H46FN5O3. The van der Waals surface area contributed by atoms with E-state index < -0.39 is 0 Å². The lowest BCUT2D eigenvalue weighted by molar-refractivity contribution is -0.140. The van der Waals surface area contributed by atoms with Crippen LogP contribution in [-0.4, -0.2) is 105 Å². The number of nitrogens with zero attached hydrogens (tertiary/aromatic N) is 3. The highest BCUT2D eigenvalue weighted by atomic mass is 19.1. The molecule has 3 aliphatic heterocycles. The summed E-state index contributed by atoms with van der Waals surface area (Å²) in [6, 6.07) is 6.72. The van der Waals surface area contributed by atoms with Crippen molar-refractivity contribution < 1.29 is 18.7 Å². The lowest BCUT2D eigenvalue weighted by Crippen LogP contribution is -2.59. The summed E-state index contributed by atoms with van der Waals surface area (Å²) in [5.41, 5.74) is 1.19. The minimum atomic E-state index is -0.185. The van der Waals surface area contributed by atoms with Gasteiger partial charge in [-0.25, -0.2) is 9.18 Å². The zero-order valence-electron chi connectivity index (χ0n) is 23.3. The zero-order valence-corrected chi connectivity index (χ0v) is 23.3. The van der Waals surface area contributed by atoms with Crippen LogP contribution in [-0.2, 0) is 16.0 Å². The average molecular weight is 544 g/mol. The summed E-state index contributed by atoms with van der Waals surface area (Å²) in [7, 11) is 0. The number of piperidine rings is 2. The third-order valence-electron chi connectivity index (χ3n) is 9.19. The minimum Gasteiger partial charge on any atom is -0.379 e. The second-order valence-corrected chi connectivity index (χ2v) is 12.0. The van der Waals surface area contributed by atoms with E-state index in [-0.39, 0.29) is 29.7 Å². The van der Waals surface area contributed by atoms with Gasteiger partial charge in [-0.05, 0) is 74.6 Å². The molecule has 5 rings (SSSR count). The molecule has 4 aliphatic rings. The van der Waals surface area contributed by atoms with Gasteiger partial charge in [-0.1, -0.05) is 18.6 Å². The predicted octanol–water partition coefficient (Wildman–Crippen LogP) is 2.73. The smallest absolute Gasteiger partial charge is 0.315 e. The van der Waals surface area contributed by atoms with E-state index in [1.54, 1.807) is 12.1 Å². The van der Waals surface area contributed by atoms with Crippen molar-refractivity contribution in [1.29, 1.82) is 0 Å². The molecule has 3 amide bonds. The number of nitrogens with one attached hydrogen (secondary N) is 2. The van der Waals surface area contributed by atoms with Crippen molar-refractivity contribution in [3.63, 3.8) is 0 Å². The van der Waals surface area contributed by atoms with Crippen molar-refractivity contribution in [2.45, 2.75) is 51.0 Å². The molecule has 3 saturated heterocycles. The molecule has 0 spiro atoms. The first-order chi connectivity index (χ1) is 19.0. The minimum absolute atomic E-state index is 0.0522. The molecule has 3 heterocycles. The molecule has 1 saturated carbocycles. The molecule has 1 aromatic rings. The normalized spacial score (nSPS) is 27.1. The number of amides is 3. The second-order valence-electron chi connectivity index (χ2n) is 12.0. The van der Waals surface area contributed by atoms with Crippen LogP contribution in [0.3, 0.4) is 0 Å². The number of halogens is 1. The number of carbonyl (C=O) groups is 2. The molecule has 0 bridgehead atoms.